The van der Waals surface area contributed by atoms with Crippen molar-refractivity contribution < 1.29 is 5.11 Å². The van der Waals surface area contributed by atoms with E-state index in [2.05, 4.69) is 15.5 Å². The normalized spacial score (nSPS) is 16.1. The van der Waals surface area contributed by atoms with Crippen LogP contribution >= 0.6 is 11.8 Å². The van der Waals surface area contributed by atoms with Crippen molar-refractivity contribution in [1.82, 2.24) is 20.2 Å². The summed E-state index contributed by atoms with van der Waals surface area (Å²) in [6, 6.07) is 8.23. The molecule has 1 N–H and O–H groups in total. The minimum Gasteiger partial charge on any atom is -0.392 e. The van der Waals surface area contributed by atoms with Crippen LogP contribution in [-0.2, 0) is 6.61 Å². The monoisotopic (exact) mass is 276 g/mol. The summed E-state index contributed by atoms with van der Waals surface area (Å²) in [5.41, 5.74) is 0.911. The fourth-order valence-corrected chi connectivity index (χ4v) is 3.43. The van der Waals surface area contributed by atoms with E-state index in [1.807, 2.05) is 28.9 Å². The van der Waals surface area contributed by atoms with E-state index in [1.54, 1.807) is 0 Å². The molecule has 1 fully saturated rings. The lowest BCUT2D eigenvalue weighted by molar-refractivity contribution is 0.279. The van der Waals surface area contributed by atoms with Gasteiger partial charge in [-0.05, 0) is 46.7 Å². The Labute approximate surface area is 116 Å². The van der Waals surface area contributed by atoms with E-state index in [1.165, 1.54) is 24.6 Å². The van der Waals surface area contributed by atoms with Gasteiger partial charge < -0.3 is 5.11 Å². The fourth-order valence-electron chi connectivity index (χ4n) is 2.46. The van der Waals surface area contributed by atoms with Crippen LogP contribution in [0.5, 0.6) is 0 Å². The lowest BCUT2D eigenvalue weighted by Crippen LogP contribution is -2.08. The number of nitrogens with zero attached hydrogens (tertiary/aromatic N) is 4. The molecule has 1 heterocycles. The average Bonchev–Trinajstić information content (AvgIpc) is 3.09. The van der Waals surface area contributed by atoms with Gasteiger partial charge in [0, 0.05) is 4.90 Å². The summed E-state index contributed by atoms with van der Waals surface area (Å²) in [4.78, 5) is 1.01. The first-order valence-corrected chi connectivity index (χ1v) is 7.34. The van der Waals surface area contributed by atoms with Crippen molar-refractivity contribution in [1.29, 1.82) is 0 Å². The lowest BCUT2D eigenvalue weighted by atomic mass is 10.2. The molecule has 1 aliphatic carbocycles. The Hall–Kier alpha value is -1.40. The van der Waals surface area contributed by atoms with Gasteiger partial charge in [-0.15, -0.1) is 5.10 Å². The molecule has 2 aromatic rings. The van der Waals surface area contributed by atoms with Crippen molar-refractivity contribution in [3.8, 4) is 0 Å². The predicted molar refractivity (Wildman–Crippen MR) is 71.8 cm³/mol. The largest absolute Gasteiger partial charge is 0.392 e. The van der Waals surface area contributed by atoms with Gasteiger partial charge in [0.05, 0.1) is 12.6 Å². The molecule has 1 saturated carbocycles. The topological polar surface area (TPSA) is 63.8 Å². The Balaban J connectivity index is 1.85. The molecule has 0 spiro atoms. The van der Waals surface area contributed by atoms with Gasteiger partial charge in [0.1, 0.15) is 0 Å². The summed E-state index contributed by atoms with van der Waals surface area (Å²) in [5.74, 6) is 0. The standard InChI is InChI=1S/C13H16N4OS/c18-9-10-5-1-4-8-12(10)19-13-14-15-16-17(13)11-6-2-3-7-11/h1,4-5,8,11,18H,2-3,6-7,9H2. The summed E-state index contributed by atoms with van der Waals surface area (Å²) < 4.78 is 1.94. The van der Waals surface area contributed by atoms with E-state index in [0.29, 0.717) is 6.04 Å². The lowest BCUT2D eigenvalue weighted by Gasteiger charge is -2.11. The van der Waals surface area contributed by atoms with Crippen LogP contribution < -0.4 is 0 Å². The van der Waals surface area contributed by atoms with Crippen molar-refractivity contribution in [2.75, 3.05) is 0 Å². The van der Waals surface area contributed by atoms with Crippen molar-refractivity contribution in [2.24, 2.45) is 0 Å². The Morgan fingerprint density at radius 1 is 1.26 bits per heavy atom. The van der Waals surface area contributed by atoms with Gasteiger partial charge in [-0.1, -0.05) is 31.0 Å². The summed E-state index contributed by atoms with van der Waals surface area (Å²) in [7, 11) is 0. The third-order valence-corrected chi connectivity index (χ3v) is 4.55. The van der Waals surface area contributed by atoms with E-state index in [-0.39, 0.29) is 6.61 Å². The first-order valence-electron chi connectivity index (χ1n) is 6.53. The first kappa shape index (κ1) is 12.6. The number of benzene rings is 1. The van der Waals surface area contributed by atoms with Crippen molar-refractivity contribution in [3.05, 3.63) is 29.8 Å². The highest BCUT2D eigenvalue weighted by Crippen LogP contribution is 2.34. The molecule has 0 radical (unpaired) electrons. The second kappa shape index (κ2) is 5.71. The molecule has 0 atom stereocenters. The van der Waals surface area contributed by atoms with Crippen LogP contribution in [0, 0.1) is 0 Å². The van der Waals surface area contributed by atoms with Crippen LogP contribution in [0.15, 0.2) is 34.3 Å². The molecule has 0 bridgehead atoms. The smallest absolute Gasteiger partial charge is 0.214 e. The highest BCUT2D eigenvalue weighted by Gasteiger charge is 2.22. The van der Waals surface area contributed by atoms with E-state index in [4.69, 9.17) is 0 Å². The van der Waals surface area contributed by atoms with Gasteiger partial charge in [0.25, 0.3) is 0 Å². The van der Waals surface area contributed by atoms with Crippen LogP contribution in [0.25, 0.3) is 0 Å². The summed E-state index contributed by atoms with van der Waals surface area (Å²) in [5, 5.41) is 22.2. The molecule has 1 aromatic carbocycles. The van der Waals surface area contributed by atoms with Gasteiger partial charge in [0.15, 0.2) is 0 Å². The molecular formula is C13H16N4OS. The van der Waals surface area contributed by atoms with Crippen molar-refractivity contribution >= 4 is 11.8 Å². The van der Waals surface area contributed by atoms with Gasteiger partial charge >= 0.3 is 0 Å². The van der Waals surface area contributed by atoms with Gasteiger partial charge in [-0.25, -0.2) is 4.68 Å². The minimum absolute atomic E-state index is 0.0359. The van der Waals surface area contributed by atoms with E-state index in [9.17, 15) is 5.11 Å². The first-order chi connectivity index (χ1) is 9.38. The van der Waals surface area contributed by atoms with Crippen LogP contribution in [0.1, 0.15) is 37.3 Å². The van der Waals surface area contributed by atoms with Crippen molar-refractivity contribution in [2.45, 2.75) is 48.4 Å². The zero-order chi connectivity index (χ0) is 13.1. The molecule has 0 saturated heterocycles. The Bertz CT molecular complexity index is 551. The van der Waals surface area contributed by atoms with Gasteiger partial charge in [-0.2, -0.15) is 0 Å². The molecule has 1 aromatic heterocycles. The molecule has 3 rings (SSSR count). The zero-order valence-corrected chi connectivity index (χ0v) is 11.4. The number of hydrogen-bond acceptors (Lipinski definition) is 5. The molecule has 100 valence electrons. The molecule has 1 aliphatic rings. The second-order valence-electron chi connectivity index (χ2n) is 4.71. The maximum absolute atomic E-state index is 9.36. The fraction of sp³-hybridized carbons (Fsp3) is 0.462. The highest BCUT2D eigenvalue weighted by molar-refractivity contribution is 7.99. The van der Waals surface area contributed by atoms with Crippen molar-refractivity contribution in [3.63, 3.8) is 0 Å². The second-order valence-corrected chi connectivity index (χ2v) is 5.72. The summed E-state index contributed by atoms with van der Waals surface area (Å²) >= 11 is 1.53. The average molecular weight is 276 g/mol. The molecule has 5 nitrogen and oxygen atoms in total. The Kier molecular flexibility index (Phi) is 3.79. The molecule has 6 heteroatoms. The maximum Gasteiger partial charge on any atom is 0.214 e. The number of hydrogen-bond donors (Lipinski definition) is 1. The number of tetrazole rings is 1. The number of aromatic nitrogens is 4. The number of aliphatic hydroxyl groups is 1. The molecular weight excluding hydrogens is 260 g/mol. The predicted octanol–water partition coefficient (Wildman–Crippen LogP) is 2.43. The van der Waals surface area contributed by atoms with Crippen LogP contribution in [0.2, 0.25) is 0 Å². The Morgan fingerprint density at radius 2 is 2.05 bits per heavy atom. The molecule has 0 aliphatic heterocycles. The van der Waals surface area contributed by atoms with E-state index < -0.39 is 0 Å². The molecule has 19 heavy (non-hydrogen) atoms. The zero-order valence-electron chi connectivity index (χ0n) is 10.6. The third kappa shape index (κ3) is 2.64. The quantitative estimate of drug-likeness (QED) is 0.929. The SMILES string of the molecule is OCc1ccccc1Sc1nnnn1C1CCCC1. The summed E-state index contributed by atoms with van der Waals surface area (Å²) in [6.07, 6.45) is 4.81. The highest BCUT2D eigenvalue weighted by atomic mass is 32.2. The Morgan fingerprint density at radius 3 is 2.84 bits per heavy atom. The van der Waals surface area contributed by atoms with Crippen LogP contribution in [-0.4, -0.2) is 25.3 Å². The summed E-state index contributed by atoms with van der Waals surface area (Å²) in [6.45, 7) is 0.0359. The number of aliphatic hydroxyl groups excluding tert-OH is 1. The van der Waals surface area contributed by atoms with E-state index in [0.717, 1.165) is 28.5 Å². The van der Waals surface area contributed by atoms with Gasteiger partial charge in [-0.3, -0.25) is 0 Å². The number of rotatable bonds is 4. The molecule has 0 amide bonds. The van der Waals surface area contributed by atoms with Crippen LogP contribution in [0.4, 0.5) is 0 Å². The van der Waals surface area contributed by atoms with Gasteiger partial charge in [0.2, 0.25) is 5.16 Å². The third-order valence-electron chi connectivity index (χ3n) is 3.48. The minimum atomic E-state index is 0.0359. The maximum atomic E-state index is 9.36. The van der Waals surface area contributed by atoms with E-state index >= 15 is 0 Å². The molecule has 0 unspecified atom stereocenters. The van der Waals surface area contributed by atoms with Crippen LogP contribution in [0.3, 0.4) is 0 Å².